The number of hydrogen-bond acceptors (Lipinski definition) is 6. The number of aryl methyl sites for hydroxylation is 1. The third kappa shape index (κ3) is 3.75. The number of benzene rings is 2. The average Bonchev–Trinajstić information content (AvgIpc) is 3.25. The van der Waals surface area contributed by atoms with Crippen LogP contribution in [0.15, 0.2) is 85.2 Å². The van der Waals surface area contributed by atoms with Gasteiger partial charge in [-0.15, -0.1) is 0 Å². The van der Waals surface area contributed by atoms with Crippen LogP contribution in [0.3, 0.4) is 0 Å². The molecule has 3 aromatic heterocycles. The highest BCUT2D eigenvalue weighted by molar-refractivity contribution is 5.99. The number of hydrogen-bond donors (Lipinski definition) is 2. The number of rotatable bonds is 4. The van der Waals surface area contributed by atoms with Crippen LogP contribution >= 0.6 is 0 Å². The molecule has 7 heteroatoms. The molecule has 0 radical (unpaired) electrons. The van der Waals surface area contributed by atoms with Crippen molar-refractivity contribution in [3.63, 3.8) is 0 Å². The largest absolute Gasteiger partial charge is 0.382 e. The quantitative estimate of drug-likeness (QED) is 0.384. The predicted octanol–water partition coefficient (Wildman–Crippen LogP) is 4.93. The number of amides is 1. The predicted molar refractivity (Wildman–Crippen MR) is 140 cm³/mol. The molecule has 7 nitrogen and oxygen atoms in total. The highest BCUT2D eigenvalue weighted by Gasteiger charge is 2.38. The third-order valence-corrected chi connectivity index (χ3v) is 6.76. The summed E-state index contributed by atoms with van der Waals surface area (Å²) in [5.74, 6) is -0.287. The Kier molecular flexibility index (Phi) is 5.18. The topological polar surface area (TPSA) is 107 Å². The van der Waals surface area contributed by atoms with Crippen LogP contribution in [0.2, 0.25) is 0 Å². The first-order chi connectivity index (χ1) is 17.5. The summed E-state index contributed by atoms with van der Waals surface area (Å²) in [6.07, 6.45) is 5.12. The molecule has 3 heterocycles. The van der Waals surface area contributed by atoms with Gasteiger partial charge in [0.15, 0.2) is 11.5 Å². The number of fused-ring (bicyclic) bond motifs is 2. The first-order valence-electron chi connectivity index (χ1n) is 11.9. The summed E-state index contributed by atoms with van der Waals surface area (Å²) in [7, 11) is 0. The molecule has 1 unspecified atom stereocenters. The Labute approximate surface area is 208 Å². The SMILES string of the molecule is CC1(NC(=O)c2nc(-c3ccc4ncccc4c3)c(-c3ccccc3)nc2N)CCc2cccnc21. The van der Waals surface area contributed by atoms with Gasteiger partial charge in [-0.1, -0.05) is 48.5 Å². The molecule has 6 rings (SSSR count). The van der Waals surface area contributed by atoms with E-state index in [-0.39, 0.29) is 17.4 Å². The zero-order chi connectivity index (χ0) is 24.7. The van der Waals surface area contributed by atoms with E-state index in [1.165, 1.54) is 0 Å². The van der Waals surface area contributed by atoms with Crippen molar-refractivity contribution in [1.82, 2.24) is 25.3 Å². The van der Waals surface area contributed by atoms with Crippen LogP contribution in [0.4, 0.5) is 5.82 Å². The van der Waals surface area contributed by atoms with Crippen molar-refractivity contribution in [3.8, 4) is 22.5 Å². The highest BCUT2D eigenvalue weighted by Crippen LogP contribution is 2.36. The monoisotopic (exact) mass is 472 g/mol. The van der Waals surface area contributed by atoms with E-state index < -0.39 is 5.54 Å². The van der Waals surface area contributed by atoms with Gasteiger partial charge in [-0.05, 0) is 49.6 Å². The molecule has 36 heavy (non-hydrogen) atoms. The Morgan fingerprint density at radius 1 is 0.889 bits per heavy atom. The summed E-state index contributed by atoms with van der Waals surface area (Å²) in [5, 5.41) is 4.11. The van der Waals surface area contributed by atoms with Gasteiger partial charge in [-0.25, -0.2) is 9.97 Å². The Hall–Kier alpha value is -4.65. The average molecular weight is 473 g/mol. The van der Waals surface area contributed by atoms with E-state index in [9.17, 15) is 4.79 Å². The maximum Gasteiger partial charge on any atom is 0.274 e. The molecule has 1 aliphatic carbocycles. The summed E-state index contributed by atoms with van der Waals surface area (Å²) in [4.78, 5) is 32.0. The second-order valence-electron chi connectivity index (χ2n) is 9.23. The van der Waals surface area contributed by atoms with Gasteiger partial charge in [0.2, 0.25) is 0 Å². The summed E-state index contributed by atoms with van der Waals surface area (Å²) >= 11 is 0. The lowest BCUT2D eigenvalue weighted by Gasteiger charge is -2.26. The fraction of sp³-hybridized carbons (Fsp3) is 0.138. The number of nitrogens with two attached hydrogens (primary N) is 1. The number of carbonyl (C=O) groups excluding carboxylic acids is 1. The smallest absolute Gasteiger partial charge is 0.274 e. The summed E-state index contributed by atoms with van der Waals surface area (Å²) in [6, 6.07) is 23.5. The molecule has 3 N–H and O–H groups in total. The van der Waals surface area contributed by atoms with Gasteiger partial charge in [-0.2, -0.15) is 0 Å². The van der Waals surface area contributed by atoms with E-state index in [0.717, 1.165) is 46.1 Å². The van der Waals surface area contributed by atoms with Crippen LogP contribution < -0.4 is 11.1 Å². The van der Waals surface area contributed by atoms with Gasteiger partial charge >= 0.3 is 0 Å². The first-order valence-corrected chi connectivity index (χ1v) is 11.9. The van der Waals surface area contributed by atoms with Crippen molar-refractivity contribution < 1.29 is 4.79 Å². The maximum absolute atomic E-state index is 13.5. The minimum Gasteiger partial charge on any atom is -0.382 e. The Morgan fingerprint density at radius 3 is 2.53 bits per heavy atom. The number of nitrogens with one attached hydrogen (secondary N) is 1. The van der Waals surface area contributed by atoms with Crippen LogP contribution in [0.1, 0.15) is 35.1 Å². The molecule has 0 spiro atoms. The lowest BCUT2D eigenvalue weighted by molar-refractivity contribution is 0.0898. The number of carbonyl (C=O) groups is 1. The lowest BCUT2D eigenvalue weighted by atomic mass is 9.98. The first kappa shape index (κ1) is 21.9. The fourth-order valence-corrected chi connectivity index (χ4v) is 4.91. The van der Waals surface area contributed by atoms with Gasteiger partial charge in [0.1, 0.15) is 0 Å². The van der Waals surface area contributed by atoms with E-state index >= 15 is 0 Å². The zero-order valence-corrected chi connectivity index (χ0v) is 19.8. The number of anilines is 1. The van der Waals surface area contributed by atoms with E-state index in [1.54, 1.807) is 12.4 Å². The molecule has 0 saturated carbocycles. The van der Waals surface area contributed by atoms with Crippen molar-refractivity contribution >= 4 is 22.6 Å². The number of aromatic nitrogens is 4. The summed E-state index contributed by atoms with van der Waals surface area (Å²) in [6.45, 7) is 1.99. The van der Waals surface area contributed by atoms with Crippen LogP contribution in [0, 0.1) is 0 Å². The number of pyridine rings is 2. The normalized spacial score (nSPS) is 16.6. The van der Waals surface area contributed by atoms with E-state index in [1.807, 2.05) is 73.7 Å². The molecule has 1 aliphatic rings. The highest BCUT2D eigenvalue weighted by atomic mass is 16.2. The third-order valence-electron chi connectivity index (χ3n) is 6.76. The summed E-state index contributed by atoms with van der Waals surface area (Å²) in [5.41, 5.74) is 11.6. The van der Waals surface area contributed by atoms with Crippen molar-refractivity contribution in [2.75, 3.05) is 5.73 Å². The molecule has 0 aliphatic heterocycles. The molecule has 1 atom stereocenters. The van der Waals surface area contributed by atoms with Crippen molar-refractivity contribution in [3.05, 3.63) is 102 Å². The fourth-order valence-electron chi connectivity index (χ4n) is 4.91. The van der Waals surface area contributed by atoms with E-state index in [0.29, 0.717) is 11.4 Å². The van der Waals surface area contributed by atoms with Crippen molar-refractivity contribution in [1.29, 1.82) is 0 Å². The molecule has 0 bridgehead atoms. The molecule has 176 valence electrons. The molecule has 0 fully saturated rings. The minimum absolute atomic E-state index is 0.0837. The van der Waals surface area contributed by atoms with Crippen LogP contribution in [0.25, 0.3) is 33.4 Å². The van der Waals surface area contributed by atoms with Gasteiger partial charge in [0.25, 0.3) is 5.91 Å². The van der Waals surface area contributed by atoms with Gasteiger partial charge in [-0.3, -0.25) is 14.8 Å². The maximum atomic E-state index is 13.5. The molecular weight excluding hydrogens is 448 g/mol. The number of nitrogens with zero attached hydrogens (tertiary/aromatic N) is 4. The zero-order valence-electron chi connectivity index (χ0n) is 19.8. The minimum atomic E-state index is -0.602. The standard InChI is InChI=1S/C29H24N6O/c1-29(14-13-19-9-5-16-32-26(19)29)35-28(36)25-27(30)34-23(18-7-3-2-4-8-18)24(33-25)21-11-12-22-20(17-21)10-6-15-31-22/h2-12,15-17H,13-14H2,1H3,(H2,30,34)(H,35,36). The van der Waals surface area contributed by atoms with Crippen LogP contribution in [0.5, 0.6) is 0 Å². The van der Waals surface area contributed by atoms with Gasteiger partial charge in [0, 0.05) is 28.9 Å². The number of nitrogen functional groups attached to an aromatic ring is 1. The van der Waals surface area contributed by atoms with Gasteiger partial charge in [0.05, 0.1) is 28.1 Å². The van der Waals surface area contributed by atoms with Gasteiger partial charge < -0.3 is 11.1 Å². The van der Waals surface area contributed by atoms with Crippen LogP contribution in [-0.4, -0.2) is 25.8 Å². The molecule has 0 saturated heterocycles. The summed E-state index contributed by atoms with van der Waals surface area (Å²) < 4.78 is 0. The van der Waals surface area contributed by atoms with Crippen molar-refractivity contribution in [2.24, 2.45) is 0 Å². The Bertz CT molecular complexity index is 1620. The van der Waals surface area contributed by atoms with E-state index in [2.05, 4.69) is 26.3 Å². The van der Waals surface area contributed by atoms with Crippen LogP contribution in [-0.2, 0) is 12.0 Å². The Balaban J connectivity index is 1.46. The lowest BCUT2D eigenvalue weighted by Crippen LogP contribution is -2.43. The molecular formula is C29H24N6O. The Morgan fingerprint density at radius 2 is 1.67 bits per heavy atom. The molecule has 5 aromatic rings. The molecule has 1 amide bonds. The molecule has 2 aromatic carbocycles. The van der Waals surface area contributed by atoms with Crippen molar-refractivity contribution in [2.45, 2.75) is 25.3 Å². The second kappa shape index (κ2) is 8.53. The second-order valence-corrected chi connectivity index (χ2v) is 9.23. The van der Waals surface area contributed by atoms with E-state index in [4.69, 9.17) is 10.7 Å².